The molecule has 0 bridgehead atoms. The van der Waals surface area contributed by atoms with Crippen LogP contribution in [-0.2, 0) is 17.9 Å². The number of ether oxygens (including phenoxy) is 1. The Balaban J connectivity index is 1.83. The van der Waals surface area contributed by atoms with Gasteiger partial charge in [-0.15, -0.1) is 0 Å². The number of amides is 1. The Morgan fingerprint density at radius 2 is 1.66 bits per heavy atom. The summed E-state index contributed by atoms with van der Waals surface area (Å²) in [6.07, 6.45) is -5.31. The number of rotatable bonds is 6. The molecule has 0 aliphatic heterocycles. The van der Waals surface area contributed by atoms with Gasteiger partial charge in [-0.1, -0.05) is 24.3 Å². The highest BCUT2D eigenvalue weighted by atomic mass is 19.4. The number of anilines is 1. The second kappa shape index (κ2) is 10.4. The summed E-state index contributed by atoms with van der Waals surface area (Å²) in [6.45, 7) is -0.0517. The van der Waals surface area contributed by atoms with Crippen LogP contribution in [0, 0.1) is 22.7 Å². The van der Waals surface area contributed by atoms with Crippen LogP contribution < -0.4 is 15.8 Å². The van der Waals surface area contributed by atoms with Crippen LogP contribution in [0.5, 0.6) is 5.75 Å². The summed E-state index contributed by atoms with van der Waals surface area (Å²) >= 11 is 0. The quantitative estimate of drug-likeness (QED) is 0.287. The lowest BCUT2D eigenvalue weighted by atomic mass is 10.1. The molecule has 4 rings (SSSR count). The van der Waals surface area contributed by atoms with Crippen molar-refractivity contribution in [2.45, 2.75) is 19.3 Å². The number of nitriles is 2. The van der Waals surface area contributed by atoms with E-state index in [1.807, 2.05) is 12.1 Å². The number of nitrogen functional groups attached to an aromatic ring is 1. The number of hydrogen-bond donors (Lipinski definition) is 2. The Bertz CT molecular complexity index is 1630. The molecule has 0 saturated heterocycles. The number of carbonyl (C=O) groups is 2. The van der Waals surface area contributed by atoms with Gasteiger partial charge in [0.05, 0.1) is 28.8 Å². The Labute approximate surface area is 214 Å². The molecule has 11 heteroatoms. The number of esters is 1. The zero-order chi connectivity index (χ0) is 27.4. The molecule has 0 saturated carbocycles. The molecule has 0 aliphatic rings. The molecule has 38 heavy (non-hydrogen) atoms. The van der Waals surface area contributed by atoms with Crippen molar-refractivity contribution in [1.29, 1.82) is 10.5 Å². The van der Waals surface area contributed by atoms with E-state index in [9.17, 15) is 28.0 Å². The summed E-state index contributed by atoms with van der Waals surface area (Å²) in [5.74, 6) is -3.90. The molecule has 4 aromatic rings. The highest BCUT2D eigenvalue weighted by Gasteiger charge is 2.43. The first-order valence-corrected chi connectivity index (χ1v) is 11.1. The summed E-state index contributed by atoms with van der Waals surface area (Å²) in [5, 5.41) is 20.9. The zero-order valence-electron chi connectivity index (χ0n) is 19.5. The molecule has 3 aromatic carbocycles. The molecule has 0 atom stereocenters. The third kappa shape index (κ3) is 5.42. The first kappa shape index (κ1) is 25.8. The van der Waals surface area contributed by atoms with Crippen LogP contribution in [0.2, 0.25) is 0 Å². The van der Waals surface area contributed by atoms with Gasteiger partial charge >= 0.3 is 12.1 Å². The van der Waals surface area contributed by atoms with Crippen LogP contribution in [0.25, 0.3) is 10.9 Å². The average molecular weight is 517 g/mol. The van der Waals surface area contributed by atoms with E-state index in [4.69, 9.17) is 15.7 Å². The van der Waals surface area contributed by atoms with Crippen molar-refractivity contribution in [3.05, 3.63) is 94.7 Å². The van der Waals surface area contributed by atoms with E-state index in [1.165, 1.54) is 22.8 Å². The van der Waals surface area contributed by atoms with Crippen molar-refractivity contribution in [2.75, 3.05) is 5.73 Å². The fourth-order valence-electron chi connectivity index (χ4n) is 3.87. The lowest BCUT2D eigenvalue weighted by molar-refractivity contribution is -0.189. The van der Waals surface area contributed by atoms with Gasteiger partial charge in [0.15, 0.2) is 11.4 Å². The number of nitrogens with one attached hydrogen (secondary N) is 1. The van der Waals surface area contributed by atoms with Crippen molar-refractivity contribution in [3.63, 3.8) is 0 Å². The number of aromatic nitrogens is 1. The predicted octanol–water partition coefficient (Wildman–Crippen LogP) is 4.41. The predicted molar refractivity (Wildman–Crippen MR) is 131 cm³/mol. The molecule has 0 spiro atoms. The van der Waals surface area contributed by atoms with Crippen molar-refractivity contribution in [1.82, 2.24) is 9.88 Å². The van der Waals surface area contributed by atoms with Crippen molar-refractivity contribution >= 4 is 28.5 Å². The third-order valence-corrected chi connectivity index (χ3v) is 5.62. The van der Waals surface area contributed by atoms with Gasteiger partial charge < -0.3 is 20.4 Å². The smallest absolute Gasteiger partial charge is 0.417 e. The molecule has 0 aliphatic carbocycles. The Kier molecular flexibility index (Phi) is 7.04. The summed E-state index contributed by atoms with van der Waals surface area (Å²) < 4.78 is 45.6. The highest BCUT2D eigenvalue weighted by molar-refractivity contribution is 6.06. The fourth-order valence-corrected chi connectivity index (χ4v) is 3.87. The number of nitrogens with zero attached hydrogens (tertiary/aromatic N) is 3. The summed E-state index contributed by atoms with van der Waals surface area (Å²) in [7, 11) is 0. The largest absolute Gasteiger partial charge is 0.491 e. The lowest BCUT2D eigenvalue weighted by Gasteiger charge is -2.13. The zero-order valence-corrected chi connectivity index (χ0v) is 19.5. The monoisotopic (exact) mass is 517 g/mol. The van der Waals surface area contributed by atoms with E-state index in [1.54, 1.807) is 48.5 Å². The van der Waals surface area contributed by atoms with Gasteiger partial charge in [-0.2, -0.15) is 23.7 Å². The molecular weight excluding hydrogens is 499 g/mol. The minimum atomic E-state index is -5.31. The van der Waals surface area contributed by atoms with Crippen LogP contribution in [-0.4, -0.2) is 22.6 Å². The molecule has 0 unspecified atom stereocenters. The first-order chi connectivity index (χ1) is 18.1. The van der Waals surface area contributed by atoms with Gasteiger partial charge in [0.1, 0.15) is 0 Å². The van der Waals surface area contributed by atoms with E-state index in [2.05, 4.69) is 5.32 Å². The first-order valence-electron chi connectivity index (χ1n) is 11.1. The van der Waals surface area contributed by atoms with Crippen molar-refractivity contribution in [3.8, 4) is 17.9 Å². The maximum Gasteiger partial charge on any atom is 0.491 e. The average Bonchev–Trinajstić information content (AvgIpc) is 3.18. The van der Waals surface area contributed by atoms with E-state index < -0.39 is 23.8 Å². The molecular formula is C27H18F3N5O3. The fraction of sp³-hybridized carbons (Fsp3) is 0.111. The lowest BCUT2D eigenvalue weighted by Crippen LogP contribution is -2.30. The Morgan fingerprint density at radius 1 is 0.947 bits per heavy atom. The number of fused-ring (bicyclic) bond motifs is 1. The maximum absolute atomic E-state index is 13.4. The van der Waals surface area contributed by atoms with E-state index >= 15 is 0 Å². The molecule has 0 fully saturated rings. The van der Waals surface area contributed by atoms with E-state index in [0.717, 1.165) is 0 Å². The van der Waals surface area contributed by atoms with Gasteiger partial charge in [-0.3, -0.25) is 4.79 Å². The standard InChI is InChI=1S/C27H18F3N5O3/c28-27(29,30)26(37)38-24-21-11-20(33)8-9-22(21)35(15-19-3-1-2-18(10-19)13-32)23(24)25(36)34-14-17-6-4-16(12-31)5-7-17/h1-11H,14-15,33H2,(H,34,36). The molecule has 1 aromatic heterocycles. The van der Waals surface area contributed by atoms with E-state index in [-0.39, 0.29) is 35.4 Å². The number of halogens is 3. The maximum atomic E-state index is 13.4. The second-order valence-electron chi connectivity index (χ2n) is 8.23. The molecule has 3 N–H and O–H groups in total. The molecule has 190 valence electrons. The topological polar surface area (TPSA) is 134 Å². The Hall–Kier alpha value is -5.29. The summed E-state index contributed by atoms with van der Waals surface area (Å²) in [4.78, 5) is 25.3. The number of hydrogen-bond acceptors (Lipinski definition) is 6. The second-order valence-corrected chi connectivity index (χ2v) is 8.23. The van der Waals surface area contributed by atoms with Crippen LogP contribution in [0.15, 0.2) is 66.7 Å². The molecule has 0 radical (unpaired) electrons. The van der Waals surface area contributed by atoms with Gasteiger partial charge in [-0.25, -0.2) is 4.79 Å². The molecule has 8 nitrogen and oxygen atoms in total. The number of nitrogens with two attached hydrogens (primary N) is 1. The van der Waals surface area contributed by atoms with Gasteiger partial charge in [-0.05, 0) is 53.6 Å². The van der Waals surface area contributed by atoms with Gasteiger partial charge in [0, 0.05) is 24.2 Å². The third-order valence-electron chi connectivity index (χ3n) is 5.62. The normalized spacial score (nSPS) is 11.0. The van der Waals surface area contributed by atoms with E-state index in [0.29, 0.717) is 22.3 Å². The summed E-state index contributed by atoms with van der Waals surface area (Å²) in [5.41, 5.74) is 7.95. The number of alkyl halides is 3. The Morgan fingerprint density at radius 3 is 2.32 bits per heavy atom. The van der Waals surface area contributed by atoms with Gasteiger partial charge in [0.2, 0.25) is 0 Å². The minimum Gasteiger partial charge on any atom is -0.417 e. The summed E-state index contributed by atoms with van der Waals surface area (Å²) in [6, 6.07) is 21.1. The molecule has 1 amide bonds. The van der Waals surface area contributed by atoms with Gasteiger partial charge in [0.25, 0.3) is 5.91 Å². The highest BCUT2D eigenvalue weighted by Crippen LogP contribution is 2.37. The van der Waals surface area contributed by atoms with Crippen molar-refractivity contribution < 1.29 is 27.5 Å². The van der Waals surface area contributed by atoms with Crippen LogP contribution >= 0.6 is 0 Å². The van der Waals surface area contributed by atoms with Crippen molar-refractivity contribution in [2.24, 2.45) is 0 Å². The SMILES string of the molecule is N#Cc1ccc(CNC(=O)c2c(OC(=O)C(F)(F)F)c3cc(N)ccc3n2Cc2cccc(C#N)c2)cc1. The number of benzene rings is 3. The van der Waals surface area contributed by atoms with Crippen LogP contribution in [0.4, 0.5) is 18.9 Å². The van der Waals surface area contributed by atoms with Crippen LogP contribution in [0.3, 0.4) is 0 Å². The van der Waals surface area contributed by atoms with Crippen LogP contribution in [0.1, 0.15) is 32.7 Å². The molecule has 1 heterocycles. The minimum absolute atomic E-state index is 0.0230. The number of carbonyl (C=O) groups excluding carboxylic acids is 2.